The summed E-state index contributed by atoms with van der Waals surface area (Å²) in [4.78, 5) is 36.3. The number of amides is 2. The van der Waals surface area contributed by atoms with Crippen LogP contribution < -0.4 is 0 Å². The van der Waals surface area contributed by atoms with Crippen molar-refractivity contribution in [1.29, 1.82) is 0 Å². The summed E-state index contributed by atoms with van der Waals surface area (Å²) in [7, 11) is 0. The molecule has 9 heteroatoms. The lowest BCUT2D eigenvalue weighted by Gasteiger charge is -2.35. The van der Waals surface area contributed by atoms with Crippen LogP contribution in [0.2, 0.25) is 0 Å². The van der Waals surface area contributed by atoms with Gasteiger partial charge in [0.05, 0.1) is 12.7 Å². The third-order valence-corrected chi connectivity index (χ3v) is 6.85. The predicted molar refractivity (Wildman–Crippen MR) is 123 cm³/mol. The lowest BCUT2D eigenvalue weighted by atomic mass is 10.2. The lowest BCUT2D eigenvalue weighted by molar-refractivity contribution is -0.132. The summed E-state index contributed by atoms with van der Waals surface area (Å²) in [5, 5.41) is 0.682. The van der Waals surface area contributed by atoms with E-state index >= 15 is 0 Å². The van der Waals surface area contributed by atoms with Gasteiger partial charge in [-0.2, -0.15) is 0 Å². The van der Waals surface area contributed by atoms with E-state index in [9.17, 15) is 14.0 Å². The van der Waals surface area contributed by atoms with E-state index in [1.54, 1.807) is 22.9 Å². The highest BCUT2D eigenvalue weighted by molar-refractivity contribution is 7.98. The molecule has 0 aliphatic carbocycles. The molecule has 2 aliphatic rings. The molecule has 4 rings (SSSR count). The van der Waals surface area contributed by atoms with Crippen molar-refractivity contribution in [2.75, 3.05) is 52.1 Å². The second kappa shape index (κ2) is 10.5. The largest absolute Gasteiger partial charge is 0.342 e. The summed E-state index contributed by atoms with van der Waals surface area (Å²) >= 11 is 1.44. The van der Waals surface area contributed by atoms with Gasteiger partial charge in [-0.25, -0.2) is 9.37 Å². The Hall–Kier alpha value is -2.39. The molecule has 2 aliphatic heterocycles. The van der Waals surface area contributed by atoms with Crippen molar-refractivity contribution >= 4 is 23.6 Å². The molecule has 2 fully saturated rings. The third kappa shape index (κ3) is 5.15. The summed E-state index contributed by atoms with van der Waals surface area (Å²) in [6.07, 6.45) is 8.08. The molecule has 1 aromatic carbocycles. The summed E-state index contributed by atoms with van der Waals surface area (Å²) in [6, 6.07) is 6.07. The first-order valence-corrected chi connectivity index (χ1v) is 12.5. The number of nitrogens with zero attached hydrogens (tertiary/aromatic N) is 5. The number of carbonyl (C=O) groups is 2. The van der Waals surface area contributed by atoms with Crippen LogP contribution in [0.5, 0.6) is 0 Å². The normalized spacial score (nSPS) is 17.9. The van der Waals surface area contributed by atoms with E-state index in [2.05, 4.69) is 9.88 Å². The first-order chi connectivity index (χ1) is 15.6. The zero-order valence-electron chi connectivity index (χ0n) is 18.5. The molecular formula is C23H30FN5O2S. The summed E-state index contributed by atoms with van der Waals surface area (Å²) in [5.41, 5.74) is 1.17. The number of halogens is 1. The quantitative estimate of drug-likeness (QED) is 0.644. The van der Waals surface area contributed by atoms with Crippen molar-refractivity contribution < 1.29 is 14.0 Å². The maximum Gasteiger partial charge on any atom is 0.272 e. The fourth-order valence-corrected chi connectivity index (χ4v) is 4.90. The van der Waals surface area contributed by atoms with Crippen molar-refractivity contribution in [1.82, 2.24) is 24.3 Å². The van der Waals surface area contributed by atoms with Gasteiger partial charge in [-0.3, -0.25) is 19.1 Å². The van der Waals surface area contributed by atoms with Crippen molar-refractivity contribution in [3.63, 3.8) is 0 Å². The Bertz CT molecular complexity index is 932. The zero-order chi connectivity index (χ0) is 22.5. The number of carbonyl (C=O) groups excluding carboxylic acids is 2. The van der Waals surface area contributed by atoms with Crippen molar-refractivity contribution in [2.24, 2.45) is 0 Å². The Labute approximate surface area is 192 Å². The second-order valence-corrected chi connectivity index (χ2v) is 9.08. The zero-order valence-corrected chi connectivity index (χ0v) is 19.3. The molecule has 172 valence electrons. The molecule has 32 heavy (non-hydrogen) atoms. The van der Waals surface area contributed by atoms with Crippen LogP contribution in [-0.2, 0) is 4.79 Å². The van der Waals surface area contributed by atoms with Gasteiger partial charge < -0.3 is 9.80 Å². The Morgan fingerprint density at radius 3 is 2.22 bits per heavy atom. The molecule has 2 aromatic rings. The molecule has 3 heterocycles. The molecule has 1 aromatic heterocycles. The number of thioether (sulfide) groups is 1. The molecule has 0 unspecified atom stereocenters. The van der Waals surface area contributed by atoms with E-state index in [4.69, 9.17) is 0 Å². The number of likely N-dealkylation sites (tertiary alicyclic amines) is 1. The van der Waals surface area contributed by atoms with Crippen molar-refractivity contribution in [2.45, 2.75) is 30.8 Å². The summed E-state index contributed by atoms with van der Waals surface area (Å²) in [5.74, 6) is -0.218. The fraction of sp³-hybridized carbons (Fsp3) is 0.522. The highest BCUT2D eigenvalue weighted by atomic mass is 32.2. The minimum Gasteiger partial charge on any atom is -0.342 e. The molecule has 0 saturated carbocycles. The molecule has 0 spiro atoms. The molecule has 0 bridgehead atoms. The van der Waals surface area contributed by atoms with Gasteiger partial charge in [0.2, 0.25) is 5.91 Å². The molecular weight excluding hydrogens is 429 g/mol. The maximum absolute atomic E-state index is 13.4. The highest BCUT2D eigenvalue weighted by Gasteiger charge is 2.28. The number of hydrogen-bond acceptors (Lipinski definition) is 5. The molecule has 7 nitrogen and oxygen atoms in total. The standard InChI is InChI=1S/C23H30FN5O2S/c1-32-23-25-16-20(29(23)19-8-6-18(24)7-9-19)22(31)28-14-12-26(13-15-28)17-21(30)27-10-4-2-3-5-11-27/h6-9,16H,2-5,10-15,17H2,1H3. The molecule has 0 N–H and O–H groups in total. The van der Waals surface area contributed by atoms with E-state index in [1.165, 1.54) is 36.7 Å². The van der Waals surface area contributed by atoms with Crippen molar-refractivity contribution in [3.05, 3.63) is 42.0 Å². The van der Waals surface area contributed by atoms with E-state index in [0.29, 0.717) is 49.3 Å². The molecule has 0 radical (unpaired) electrons. The van der Waals surface area contributed by atoms with Crippen LogP contribution in [0, 0.1) is 5.82 Å². The maximum atomic E-state index is 13.4. The fourth-order valence-electron chi connectivity index (χ4n) is 4.35. The molecule has 2 amide bonds. The molecule has 0 atom stereocenters. The van der Waals surface area contributed by atoms with Gasteiger partial charge in [0.25, 0.3) is 5.91 Å². The van der Waals surface area contributed by atoms with Gasteiger partial charge in [-0.1, -0.05) is 24.6 Å². The SMILES string of the molecule is CSc1ncc(C(=O)N2CCN(CC(=O)N3CCCCCC3)CC2)n1-c1ccc(F)cc1. The van der Waals surface area contributed by atoms with Gasteiger partial charge >= 0.3 is 0 Å². The van der Waals surface area contributed by atoms with Crippen LogP contribution in [0.1, 0.15) is 36.2 Å². The van der Waals surface area contributed by atoms with E-state index < -0.39 is 0 Å². The predicted octanol–water partition coefficient (Wildman–Crippen LogP) is 2.89. The van der Waals surface area contributed by atoms with Crippen LogP contribution in [-0.4, -0.2) is 88.1 Å². The molecule has 2 saturated heterocycles. The van der Waals surface area contributed by atoms with Gasteiger partial charge in [0.15, 0.2) is 5.16 Å². The van der Waals surface area contributed by atoms with E-state index in [0.717, 1.165) is 25.9 Å². The van der Waals surface area contributed by atoms with E-state index in [1.807, 2.05) is 16.1 Å². The summed E-state index contributed by atoms with van der Waals surface area (Å²) in [6.45, 7) is 4.62. The smallest absolute Gasteiger partial charge is 0.272 e. The van der Waals surface area contributed by atoms with Crippen molar-refractivity contribution in [3.8, 4) is 5.69 Å². The average Bonchev–Trinajstić information content (AvgIpc) is 3.05. The third-order valence-electron chi connectivity index (χ3n) is 6.19. The second-order valence-electron chi connectivity index (χ2n) is 8.31. The van der Waals surface area contributed by atoms with E-state index in [-0.39, 0.29) is 17.6 Å². The minimum absolute atomic E-state index is 0.0966. The Kier molecular flexibility index (Phi) is 7.47. The minimum atomic E-state index is -0.321. The number of rotatable bonds is 5. The van der Waals surface area contributed by atoms with Crippen LogP contribution in [0.4, 0.5) is 4.39 Å². The number of aromatic nitrogens is 2. The first-order valence-electron chi connectivity index (χ1n) is 11.2. The van der Waals surface area contributed by atoms with Crippen LogP contribution in [0.25, 0.3) is 5.69 Å². The number of piperazine rings is 1. The lowest BCUT2D eigenvalue weighted by Crippen LogP contribution is -2.51. The van der Waals surface area contributed by atoms with Gasteiger partial charge in [-0.15, -0.1) is 0 Å². The number of benzene rings is 1. The number of imidazole rings is 1. The Morgan fingerprint density at radius 1 is 0.938 bits per heavy atom. The summed E-state index contributed by atoms with van der Waals surface area (Å²) < 4.78 is 15.2. The van der Waals surface area contributed by atoms with Gasteiger partial charge in [-0.05, 0) is 43.4 Å². The van der Waals surface area contributed by atoms with Crippen LogP contribution in [0.15, 0.2) is 35.6 Å². The number of hydrogen-bond donors (Lipinski definition) is 0. The van der Waals surface area contributed by atoms with Crippen LogP contribution in [0.3, 0.4) is 0 Å². The first kappa shape index (κ1) is 22.8. The Morgan fingerprint density at radius 2 is 1.59 bits per heavy atom. The average molecular weight is 460 g/mol. The van der Waals surface area contributed by atoms with Gasteiger partial charge in [0.1, 0.15) is 11.5 Å². The highest BCUT2D eigenvalue weighted by Crippen LogP contribution is 2.23. The monoisotopic (exact) mass is 459 g/mol. The topological polar surface area (TPSA) is 61.7 Å². The van der Waals surface area contributed by atoms with Gasteiger partial charge in [0, 0.05) is 45.0 Å². The van der Waals surface area contributed by atoms with Crippen LogP contribution >= 0.6 is 11.8 Å². The Balaban J connectivity index is 1.39.